The number of nitrogens with zero attached hydrogens (tertiary/aromatic N) is 3. The highest BCUT2D eigenvalue weighted by molar-refractivity contribution is 6.09. The van der Waals surface area contributed by atoms with Crippen LogP contribution >= 0.6 is 0 Å². The Kier molecular flexibility index (Phi) is 10.9. The van der Waals surface area contributed by atoms with Gasteiger partial charge in [0.25, 0.3) is 5.91 Å². The Balaban J connectivity index is 1.25. The Labute approximate surface area is 268 Å². The molecule has 7 nitrogen and oxygen atoms in total. The first-order chi connectivity index (χ1) is 22.1. The van der Waals surface area contributed by atoms with Gasteiger partial charge in [0.15, 0.2) is 0 Å². The maximum absolute atomic E-state index is 13.7. The molecule has 2 aromatic carbocycles. The lowest BCUT2D eigenvalue weighted by Gasteiger charge is -2.35. The minimum atomic E-state index is -4.59. The number of rotatable bonds is 13. The smallest absolute Gasteiger partial charge is 0.406 e. The van der Waals surface area contributed by atoms with Crippen molar-refractivity contribution in [3.63, 3.8) is 0 Å². The normalized spacial score (nSPS) is 16.2. The van der Waals surface area contributed by atoms with Crippen molar-refractivity contribution >= 4 is 23.4 Å². The molecule has 246 valence electrons. The fourth-order valence-corrected chi connectivity index (χ4v) is 6.18. The number of carbonyl (C=O) groups excluding carboxylic acids is 2. The van der Waals surface area contributed by atoms with E-state index in [1.54, 1.807) is 24.3 Å². The van der Waals surface area contributed by atoms with Gasteiger partial charge >= 0.3 is 12.1 Å². The summed E-state index contributed by atoms with van der Waals surface area (Å²) in [5.74, 6) is 0.741. The predicted molar refractivity (Wildman–Crippen MR) is 171 cm³/mol. The average molecular weight is 638 g/mol. The molecule has 0 bridgehead atoms. The highest BCUT2D eigenvalue weighted by Crippen LogP contribution is 2.45. The molecule has 2 heterocycles. The van der Waals surface area contributed by atoms with Crippen molar-refractivity contribution in [1.82, 2.24) is 4.98 Å². The lowest BCUT2D eigenvalue weighted by molar-refractivity contribution is -0.143. The number of hydrogen-bond acceptors (Lipinski definition) is 6. The Morgan fingerprint density at radius 3 is 2.43 bits per heavy atom. The number of aromatic nitrogens is 1. The molecule has 1 saturated heterocycles. The van der Waals surface area contributed by atoms with Crippen LogP contribution in [0.4, 0.5) is 24.7 Å². The average Bonchev–Trinajstić information content (AvgIpc) is 3.91. The molecule has 0 radical (unpaired) electrons. The molecule has 3 aromatic rings. The molecular weight excluding hydrogens is 595 g/mol. The van der Waals surface area contributed by atoms with Crippen LogP contribution in [0.3, 0.4) is 0 Å². The van der Waals surface area contributed by atoms with Crippen LogP contribution in [0.15, 0.2) is 66.9 Å². The molecule has 1 aliphatic carbocycles. The van der Waals surface area contributed by atoms with Gasteiger partial charge in [-0.05, 0) is 104 Å². The summed E-state index contributed by atoms with van der Waals surface area (Å²) in [4.78, 5) is 32.8. The van der Waals surface area contributed by atoms with Crippen LogP contribution in [0.5, 0.6) is 5.75 Å². The number of hydrogen-bond donors (Lipinski definition) is 0. The van der Waals surface area contributed by atoms with E-state index in [0.717, 1.165) is 49.0 Å². The fourth-order valence-electron chi connectivity index (χ4n) is 6.18. The Hall–Kier alpha value is -4.08. The minimum Gasteiger partial charge on any atom is -0.493 e. The van der Waals surface area contributed by atoms with Crippen molar-refractivity contribution in [3.8, 4) is 5.75 Å². The minimum absolute atomic E-state index is 0.0420. The van der Waals surface area contributed by atoms with Crippen molar-refractivity contribution in [2.24, 2.45) is 11.8 Å². The van der Waals surface area contributed by atoms with E-state index in [9.17, 15) is 22.8 Å². The Morgan fingerprint density at radius 1 is 1.00 bits per heavy atom. The van der Waals surface area contributed by atoms with Gasteiger partial charge in [0.05, 0.1) is 25.2 Å². The van der Waals surface area contributed by atoms with E-state index in [4.69, 9.17) is 9.47 Å². The summed E-state index contributed by atoms with van der Waals surface area (Å²) in [6, 6.07) is 18.0. The second-order valence-electron chi connectivity index (χ2n) is 12.2. The first kappa shape index (κ1) is 33.3. The first-order valence-corrected chi connectivity index (χ1v) is 16.2. The third-order valence-corrected chi connectivity index (χ3v) is 8.82. The number of aryl methyl sites for hydroxylation is 1. The number of piperidine rings is 1. The van der Waals surface area contributed by atoms with Gasteiger partial charge < -0.3 is 14.4 Å². The molecule has 1 amide bonds. The van der Waals surface area contributed by atoms with E-state index in [-0.39, 0.29) is 29.2 Å². The number of amides is 1. The fraction of sp³-hybridized carbons (Fsp3) is 0.472. The molecule has 2 aliphatic rings. The van der Waals surface area contributed by atoms with Gasteiger partial charge in [-0.3, -0.25) is 14.5 Å². The van der Waals surface area contributed by atoms with Gasteiger partial charge in [-0.25, -0.2) is 4.98 Å². The molecule has 1 atom stereocenters. The maximum atomic E-state index is 13.7. The third-order valence-electron chi connectivity index (χ3n) is 8.82. The van der Waals surface area contributed by atoms with E-state index >= 15 is 0 Å². The standard InChI is InChI=1S/C36H42F3N3O4/c1-3-25-11-14-30(35(44)42(24-36(37,38)39)33-10-5-6-17-40-33)32(20-25)41-18-15-26(16-19-41)23-46-29-9-7-8-28(21-29)31(27-12-13-27)22-34(43)45-4-2/h5-11,14,17,20-21,26-27,31H,3-4,12-13,15-16,18-19,22-24H2,1-2H3. The van der Waals surface area contributed by atoms with Crippen molar-refractivity contribution in [2.45, 2.75) is 64.5 Å². The van der Waals surface area contributed by atoms with Gasteiger partial charge in [0, 0.05) is 25.0 Å². The first-order valence-electron chi connectivity index (χ1n) is 16.2. The Bertz CT molecular complexity index is 1470. The maximum Gasteiger partial charge on any atom is 0.406 e. The SMILES string of the molecule is CCOC(=O)CC(c1cccc(OCC2CCN(c3cc(CC)ccc3C(=O)N(CC(F)(F)F)c3ccccn3)CC2)c1)C1CC1. The number of benzene rings is 2. The van der Waals surface area contributed by atoms with Crippen LogP contribution in [-0.4, -0.2) is 55.9 Å². The van der Waals surface area contributed by atoms with E-state index in [1.807, 2.05) is 38.1 Å². The summed E-state index contributed by atoms with van der Waals surface area (Å²) in [7, 11) is 0. The molecule has 0 spiro atoms. The summed E-state index contributed by atoms with van der Waals surface area (Å²) < 4.78 is 52.2. The molecule has 46 heavy (non-hydrogen) atoms. The second-order valence-corrected chi connectivity index (χ2v) is 12.2. The van der Waals surface area contributed by atoms with Gasteiger partial charge in [0.1, 0.15) is 18.1 Å². The van der Waals surface area contributed by atoms with Crippen LogP contribution in [0.2, 0.25) is 0 Å². The largest absolute Gasteiger partial charge is 0.493 e. The van der Waals surface area contributed by atoms with Gasteiger partial charge in [-0.1, -0.05) is 31.2 Å². The second kappa shape index (κ2) is 15.0. The molecule has 1 aliphatic heterocycles. The predicted octanol–water partition coefficient (Wildman–Crippen LogP) is 7.60. The molecule has 2 fully saturated rings. The van der Waals surface area contributed by atoms with Gasteiger partial charge in [-0.15, -0.1) is 0 Å². The molecule has 10 heteroatoms. The molecular formula is C36H42F3N3O4. The summed E-state index contributed by atoms with van der Waals surface area (Å²) in [5, 5.41) is 0. The van der Waals surface area contributed by atoms with Crippen LogP contribution in [0.25, 0.3) is 0 Å². The summed E-state index contributed by atoms with van der Waals surface area (Å²) >= 11 is 0. The lowest BCUT2D eigenvalue weighted by atomic mass is 9.91. The van der Waals surface area contributed by atoms with E-state index in [1.165, 1.54) is 12.3 Å². The number of pyridine rings is 1. The molecule has 0 N–H and O–H groups in total. The number of anilines is 2. The van der Waals surface area contributed by atoms with Gasteiger partial charge in [0.2, 0.25) is 0 Å². The van der Waals surface area contributed by atoms with Crippen LogP contribution in [0.1, 0.15) is 73.4 Å². The Morgan fingerprint density at radius 2 is 1.78 bits per heavy atom. The quantitative estimate of drug-likeness (QED) is 0.180. The van der Waals surface area contributed by atoms with Crippen molar-refractivity contribution < 1.29 is 32.2 Å². The van der Waals surface area contributed by atoms with E-state index in [2.05, 4.69) is 16.0 Å². The van der Waals surface area contributed by atoms with Crippen LogP contribution in [-0.2, 0) is 16.0 Å². The summed E-state index contributed by atoms with van der Waals surface area (Å²) in [5.41, 5.74) is 2.98. The van der Waals surface area contributed by atoms with E-state index < -0.39 is 18.6 Å². The van der Waals surface area contributed by atoms with Gasteiger partial charge in [-0.2, -0.15) is 13.2 Å². The molecule has 5 rings (SSSR count). The zero-order valence-corrected chi connectivity index (χ0v) is 26.5. The summed E-state index contributed by atoms with van der Waals surface area (Å²) in [6.07, 6.45) is 1.75. The lowest BCUT2D eigenvalue weighted by Crippen LogP contribution is -2.41. The number of alkyl halides is 3. The van der Waals surface area contributed by atoms with Crippen LogP contribution in [0, 0.1) is 11.8 Å². The molecule has 1 unspecified atom stereocenters. The highest BCUT2D eigenvalue weighted by Gasteiger charge is 2.37. The van der Waals surface area contributed by atoms with Crippen molar-refractivity contribution in [2.75, 3.05) is 42.6 Å². The van der Waals surface area contributed by atoms with Crippen molar-refractivity contribution in [1.29, 1.82) is 0 Å². The number of esters is 1. The third kappa shape index (κ3) is 8.79. The zero-order valence-electron chi connectivity index (χ0n) is 26.5. The number of halogens is 3. The summed E-state index contributed by atoms with van der Waals surface area (Å²) in [6.45, 7) is 4.60. The van der Waals surface area contributed by atoms with Crippen molar-refractivity contribution in [3.05, 3.63) is 83.6 Å². The highest BCUT2D eigenvalue weighted by atomic mass is 19.4. The zero-order chi connectivity index (χ0) is 32.7. The molecule has 1 saturated carbocycles. The molecule has 1 aromatic heterocycles. The number of ether oxygens (including phenoxy) is 2. The number of carbonyl (C=O) groups is 2. The topological polar surface area (TPSA) is 72.0 Å². The van der Waals surface area contributed by atoms with E-state index in [0.29, 0.717) is 49.2 Å². The monoisotopic (exact) mass is 637 g/mol. The van der Waals surface area contributed by atoms with Crippen LogP contribution < -0.4 is 14.5 Å².